The Morgan fingerprint density at radius 2 is 1.46 bits per heavy atom. The molecule has 13 heavy (non-hydrogen) atoms. The van der Waals surface area contributed by atoms with Crippen molar-refractivity contribution in [1.29, 1.82) is 0 Å². The molecule has 0 saturated carbocycles. The smallest absolute Gasteiger partial charge is 0.00313 e. The number of halogens is 1. The monoisotopic (exact) mass is 249 g/mol. The van der Waals surface area contributed by atoms with Gasteiger partial charge in [0.1, 0.15) is 0 Å². The van der Waals surface area contributed by atoms with E-state index < -0.39 is 0 Å². The van der Waals surface area contributed by atoms with Gasteiger partial charge in [0.25, 0.3) is 0 Å². The van der Waals surface area contributed by atoms with Crippen molar-refractivity contribution < 1.29 is 0 Å². The third-order valence-electron chi connectivity index (χ3n) is 2.19. The summed E-state index contributed by atoms with van der Waals surface area (Å²) in [6.45, 7) is 4.68. The Labute approximate surface area is 91.8 Å². The lowest BCUT2D eigenvalue weighted by molar-refractivity contribution is 0.573. The zero-order valence-electron chi connectivity index (χ0n) is 8.95. The predicted octanol–water partition coefficient (Wildman–Crippen LogP) is 3.72. The molecule has 0 aliphatic carbocycles. The Morgan fingerprint density at radius 3 is 2.08 bits per heavy atom. The topological polar surface area (TPSA) is 12.0 Å². The van der Waals surface area contributed by atoms with Gasteiger partial charge in [-0.25, -0.2) is 0 Å². The van der Waals surface area contributed by atoms with E-state index in [9.17, 15) is 0 Å². The summed E-state index contributed by atoms with van der Waals surface area (Å²) in [5.41, 5.74) is 0. The summed E-state index contributed by atoms with van der Waals surface area (Å²) in [5.74, 6) is 0. The van der Waals surface area contributed by atoms with Gasteiger partial charge < -0.3 is 5.32 Å². The minimum atomic E-state index is 1.16. The average Bonchev–Trinajstić information content (AvgIpc) is 2.16. The molecule has 0 heterocycles. The highest BCUT2D eigenvalue weighted by molar-refractivity contribution is 9.09. The van der Waals surface area contributed by atoms with Crippen molar-refractivity contribution in [1.82, 2.24) is 5.32 Å². The minimum absolute atomic E-state index is 1.16. The molecule has 2 heteroatoms. The lowest BCUT2D eigenvalue weighted by Gasteiger charge is -2.03. The summed E-state index contributed by atoms with van der Waals surface area (Å²) in [6, 6.07) is 0. The van der Waals surface area contributed by atoms with Crippen molar-refractivity contribution in [2.24, 2.45) is 0 Å². The first-order valence-electron chi connectivity index (χ1n) is 5.68. The van der Waals surface area contributed by atoms with Crippen LogP contribution in [-0.4, -0.2) is 18.4 Å². The second kappa shape index (κ2) is 12.4. The van der Waals surface area contributed by atoms with E-state index in [1.165, 1.54) is 58.0 Å². The number of rotatable bonds is 10. The van der Waals surface area contributed by atoms with Crippen LogP contribution in [0, 0.1) is 0 Å². The highest BCUT2D eigenvalue weighted by atomic mass is 79.9. The van der Waals surface area contributed by atoms with Crippen molar-refractivity contribution in [2.75, 3.05) is 18.4 Å². The molecule has 0 aromatic rings. The normalized spacial score (nSPS) is 10.6. The first kappa shape index (κ1) is 13.4. The molecular weight excluding hydrogens is 226 g/mol. The van der Waals surface area contributed by atoms with Gasteiger partial charge in [-0.2, -0.15) is 0 Å². The highest BCUT2D eigenvalue weighted by Gasteiger charge is 1.89. The molecule has 0 bridgehead atoms. The van der Waals surface area contributed by atoms with Gasteiger partial charge in [0.2, 0.25) is 0 Å². The molecule has 0 unspecified atom stereocenters. The second-order valence-electron chi connectivity index (χ2n) is 3.56. The molecule has 0 spiro atoms. The summed E-state index contributed by atoms with van der Waals surface area (Å²) >= 11 is 3.45. The second-order valence-corrected chi connectivity index (χ2v) is 4.35. The van der Waals surface area contributed by atoms with Gasteiger partial charge in [0.15, 0.2) is 0 Å². The molecule has 0 aromatic heterocycles. The SMILES string of the molecule is CCCCCNCCCCCCBr. The van der Waals surface area contributed by atoms with Crippen LogP contribution in [0.1, 0.15) is 51.9 Å². The van der Waals surface area contributed by atoms with E-state index in [1.54, 1.807) is 0 Å². The molecule has 0 rings (SSSR count). The fourth-order valence-electron chi connectivity index (χ4n) is 1.32. The Hall–Kier alpha value is 0.440. The van der Waals surface area contributed by atoms with E-state index in [0.717, 1.165) is 5.33 Å². The lowest BCUT2D eigenvalue weighted by Crippen LogP contribution is -2.16. The van der Waals surface area contributed by atoms with Gasteiger partial charge in [-0.3, -0.25) is 0 Å². The quantitative estimate of drug-likeness (QED) is 0.460. The van der Waals surface area contributed by atoms with Crippen LogP contribution in [0.25, 0.3) is 0 Å². The third kappa shape index (κ3) is 12.4. The number of unbranched alkanes of at least 4 members (excludes halogenated alkanes) is 5. The molecular formula is C11H24BrN. The fourth-order valence-corrected chi connectivity index (χ4v) is 1.72. The van der Waals surface area contributed by atoms with Crippen LogP contribution < -0.4 is 5.32 Å². The van der Waals surface area contributed by atoms with E-state index in [4.69, 9.17) is 0 Å². The number of nitrogens with one attached hydrogen (secondary N) is 1. The molecule has 0 aliphatic rings. The van der Waals surface area contributed by atoms with E-state index in [0.29, 0.717) is 0 Å². The molecule has 0 amide bonds. The Morgan fingerprint density at radius 1 is 0.846 bits per heavy atom. The van der Waals surface area contributed by atoms with Crippen LogP contribution in [0.5, 0.6) is 0 Å². The maximum absolute atomic E-state index is 3.49. The molecule has 0 aliphatic heterocycles. The Kier molecular flexibility index (Phi) is 12.9. The van der Waals surface area contributed by atoms with Crippen LogP contribution in [0.2, 0.25) is 0 Å². The zero-order chi connectivity index (χ0) is 9.78. The van der Waals surface area contributed by atoms with Crippen LogP contribution >= 0.6 is 15.9 Å². The summed E-state index contributed by atoms with van der Waals surface area (Å²) < 4.78 is 0. The molecule has 1 nitrogen and oxygen atoms in total. The molecule has 0 fully saturated rings. The van der Waals surface area contributed by atoms with Crippen LogP contribution in [0.4, 0.5) is 0 Å². The third-order valence-corrected chi connectivity index (χ3v) is 2.76. The molecule has 0 radical (unpaired) electrons. The summed E-state index contributed by atoms with van der Waals surface area (Å²) in [6.07, 6.45) is 9.48. The molecule has 1 N–H and O–H groups in total. The van der Waals surface area contributed by atoms with Crippen molar-refractivity contribution >= 4 is 15.9 Å². The standard InChI is InChI=1S/C11H24BrN/c1-2-3-7-10-13-11-8-5-4-6-9-12/h13H,2-11H2,1H3. The van der Waals surface area contributed by atoms with Gasteiger partial charge in [0, 0.05) is 5.33 Å². The Balaban J connectivity index is 2.76. The lowest BCUT2D eigenvalue weighted by atomic mass is 10.2. The summed E-state index contributed by atoms with van der Waals surface area (Å²) in [5, 5.41) is 4.65. The van der Waals surface area contributed by atoms with Crippen molar-refractivity contribution in [3.05, 3.63) is 0 Å². The minimum Gasteiger partial charge on any atom is -0.317 e. The highest BCUT2D eigenvalue weighted by Crippen LogP contribution is 2.00. The maximum atomic E-state index is 3.49. The van der Waals surface area contributed by atoms with Crippen molar-refractivity contribution in [2.45, 2.75) is 51.9 Å². The number of hydrogen-bond donors (Lipinski definition) is 1. The molecule has 0 aromatic carbocycles. The van der Waals surface area contributed by atoms with E-state index in [-0.39, 0.29) is 0 Å². The van der Waals surface area contributed by atoms with Crippen LogP contribution in [0.15, 0.2) is 0 Å². The maximum Gasteiger partial charge on any atom is 0.00313 e. The largest absolute Gasteiger partial charge is 0.317 e. The zero-order valence-corrected chi connectivity index (χ0v) is 10.5. The molecule has 0 saturated heterocycles. The van der Waals surface area contributed by atoms with E-state index in [2.05, 4.69) is 28.2 Å². The van der Waals surface area contributed by atoms with Gasteiger partial charge >= 0.3 is 0 Å². The average molecular weight is 250 g/mol. The number of alkyl halides is 1. The first-order chi connectivity index (χ1) is 6.41. The van der Waals surface area contributed by atoms with Crippen molar-refractivity contribution in [3.63, 3.8) is 0 Å². The van der Waals surface area contributed by atoms with Crippen LogP contribution in [0.3, 0.4) is 0 Å². The van der Waals surface area contributed by atoms with Crippen LogP contribution in [-0.2, 0) is 0 Å². The molecule has 80 valence electrons. The van der Waals surface area contributed by atoms with Gasteiger partial charge in [-0.15, -0.1) is 0 Å². The fraction of sp³-hybridized carbons (Fsp3) is 1.00. The van der Waals surface area contributed by atoms with E-state index >= 15 is 0 Å². The van der Waals surface area contributed by atoms with E-state index in [1.807, 2.05) is 0 Å². The van der Waals surface area contributed by atoms with Gasteiger partial charge in [0.05, 0.1) is 0 Å². The number of hydrogen-bond acceptors (Lipinski definition) is 1. The predicted molar refractivity (Wildman–Crippen MR) is 64.7 cm³/mol. The van der Waals surface area contributed by atoms with Gasteiger partial charge in [-0.05, 0) is 32.4 Å². The summed E-state index contributed by atoms with van der Waals surface area (Å²) in [7, 11) is 0. The van der Waals surface area contributed by atoms with Gasteiger partial charge in [-0.1, -0.05) is 48.5 Å². The molecule has 0 atom stereocenters. The summed E-state index contributed by atoms with van der Waals surface area (Å²) in [4.78, 5) is 0. The van der Waals surface area contributed by atoms with Crippen molar-refractivity contribution in [3.8, 4) is 0 Å². The first-order valence-corrected chi connectivity index (χ1v) is 6.80. The Bertz CT molecular complexity index is 76.2.